The molecule has 326 valence electrons. The van der Waals surface area contributed by atoms with E-state index in [2.05, 4.69) is 25.3 Å². The molecule has 0 aliphatic rings. The summed E-state index contributed by atoms with van der Waals surface area (Å²) < 4.78 is 0. The first-order valence-electron chi connectivity index (χ1n) is 21.7. The standard InChI is InChI=1S/C23H25N3O.C22H23N3O.4C2H6/c1-16-11-9-10-14-19(16)21-20(15-24-17(2)25-21)22(27)26(5)23(3,4)18-12-7-6-8-13-18;1-15-10-8-9-13-18(15)20-19(14-23-16(2)24-20)21(26)25-22(3,4)17-11-6-5-7-12-17;4*1-2/h6-15H,1-5H3;5-14H,1-4H3,(H,25,26);4*1-2H3. The molecular formula is C53H72N6O2. The minimum absolute atomic E-state index is 0.0953. The van der Waals surface area contributed by atoms with Gasteiger partial charge in [-0.25, -0.2) is 19.9 Å². The van der Waals surface area contributed by atoms with Gasteiger partial charge < -0.3 is 10.2 Å². The Bertz CT molecular complexity index is 2220. The number of aromatic nitrogens is 4. The summed E-state index contributed by atoms with van der Waals surface area (Å²) >= 11 is 0. The SMILES string of the molecule is CC.CC.CC.CC.Cc1ncc(C(=O)N(C)C(C)(C)c2ccccc2)c(-c2ccccc2C)n1.Cc1ncc(C(=O)NC(C)(C)c2ccccc2)c(-c2ccccc2C)n1. The largest absolute Gasteiger partial charge is 0.343 e. The van der Waals surface area contributed by atoms with Crippen LogP contribution in [0.2, 0.25) is 0 Å². The minimum Gasteiger partial charge on any atom is -0.343 e. The Morgan fingerprint density at radius 1 is 0.508 bits per heavy atom. The van der Waals surface area contributed by atoms with Crippen molar-refractivity contribution in [1.29, 1.82) is 0 Å². The first-order valence-corrected chi connectivity index (χ1v) is 21.7. The molecule has 0 aliphatic heterocycles. The predicted molar refractivity (Wildman–Crippen MR) is 258 cm³/mol. The van der Waals surface area contributed by atoms with Crippen LogP contribution in [-0.2, 0) is 11.1 Å². The topological polar surface area (TPSA) is 101 Å². The number of rotatable bonds is 8. The lowest BCUT2D eigenvalue weighted by atomic mass is 9.91. The molecule has 8 heteroatoms. The van der Waals surface area contributed by atoms with Crippen LogP contribution in [-0.4, -0.2) is 43.7 Å². The third-order valence-corrected chi connectivity index (χ3v) is 9.64. The van der Waals surface area contributed by atoms with Crippen molar-refractivity contribution in [3.05, 3.63) is 167 Å². The van der Waals surface area contributed by atoms with Gasteiger partial charge in [0.1, 0.15) is 11.6 Å². The van der Waals surface area contributed by atoms with E-state index in [1.54, 1.807) is 17.3 Å². The Kier molecular flexibility index (Phi) is 22.8. The van der Waals surface area contributed by atoms with E-state index >= 15 is 0 Å². The smallest absolute Gasteiger partial charge is 0.258 e. The van der Waals surface area contributed by atoms with Crippen LogP contribution in [0.25, 0.3) is 22.5 Å². The van der Waals surface area contributed by atoms with Gasteiger partial charge in [0.25, 0.3) is 11.8 Å². The van der Waals surface area contributed by atoms with E-state index in [1.807, 2.05) is 227 Å². The summed E-state index contributed by atoms with van der Waals surface area (Å²) in [6.07, 6.45) is 3.25. The molecule has 0 saturated carbocycles. The lowest BCUT2D eigenvalue weighted by molar-refractivity contribution is 0.0622. The van der Waals surface area contributed by atoms with Crippen LogP contribution in [0.3, 0.4) is 0 Å². The molecule has 6 aromatic rings. The summed E-state index contributed by atoms with van der Waals surface area (Å²) in [6.45, 7) is 31.8. The molecule has 1 N–H and O–H groups in total. The highest BCUT2D eigenvalue weighted by Gasteiger charge is 2.32. The summed E-state index contributed by atoms with van der Waals surface area (Å²) in [7, 11) is 1.83. The fourth-order valence-electron chi connectivity index (χ4n) is 6.10. The molecule has 0 fully saturated rings. The molecule has 0 spiro atoms. The third-order valence-electron chi connectivity index (χ3n) is 9.64. The third kappa shape index (κ3) is 14.3. The van der Waals surface area contributed by atoms with E-state index in [1.165, 1.54) is 0 Å². The van der Waals surface area contributed by atoms with Crippen molar-refractivity contribution in [3.63, 3.8) is 0 Å². The van der Waals surface area contributed by atoms with Crippen LogP contribution < -0.4 is 5.32 Å². The van der Waals surface area contributed by atoms with Crippen LogP contribution in [0.5, 0.6) is 0 Å². The van der Waals surface area contributed by atoms with Gasteiger partial charge in [-0.2, -0.15) is 0 Å². The fourth-order valence-corrected chi connectivity index (χ4v) is 6.10. The summed E-state index contributed by atoms with van der Waals surface area (Å²) in [6, 6.07) is 35.9. The van der Waals surface area contributed by atoms with E-state index in [4.69, 9.17) is 0 Å². The molecule has 6 rings (SSSR count). The summed E-state index contributed by atoms with van der Waals surface area (Å²) in [5.74, 6) is 1.01. The number of carbonyl (C=O) groups is 2. The molecular weight excluding hydrogens is 753 g/mol. The second-order valence-corrected chi connectivity index (χ2v) is 14.2. The maximum absolute atomic E-state index is 13.4. The molecule has 2 amide bonds. The number of nitrogens with zero attached hydrogens (tertiary/aromatic N) is 5. The van der Waals surface area contributed by atoms with Crippen LogP contribution in [0.15, 0.2) is 122 Å². The van der Waals surface area contributed by atoms with Crippen molar-refractivity contribution in [2.24, 2.45) is 0 Å². The highest BCUT2D eigenvalue weighted by Crippen LogP contribution is 2.31. The van der Waals surface area contributed by atoms with Crippen molar-refractivity contribution in [3.8, 4) is 22.5 Å². The van der Waals surface area contributed by atoms with Crippen molar-refractivity contribution in [2.45, 2.75) is 122 Å². The molecule has 8 nitrogen and oxygen atoms in total. The number of aryl methyl sites for hydroxylation is 4. The van der Waals surface area contributed by atoms with Gasteiger partial charge in [-0.05, 0) is 77.6 Å². The van der Waals surface area contributed by atoms with E-state index in [-0.39, 0.29) is 11.8 Å². The van der Waals surface area contributed by atoms with Crippen molar-refractivity contribution in [1.82, 2.24) is 30.2 Å². The van der Waals surface area contributed by atoms with Gasteiger partial charge in [-0.3, -0.25) is 9.59 Å². The zero-order chi connectivity index (χ0) is 46.3. The fraction of sp³-hybridized carbons (Fsp3) is 0.358. The van der Waals surface area contributed by atoms with Gasteiger partial charge in [-0.1, -0.05) is 165 Å². The highest BCUT2D eigenvalue weighted by molar-refractivity contribution is 6.01. The Morgan fingerprint density at radius 2 is 0.869 bits per heavy atom. The second kappa shape index (κ2) is 26.2. The number of benzene rings is 4. The Hall–Kier alpha value is -6.02. The number of carbonyl (C=O) groups excluding carboxylic acids is 2. The molecule has 0 saturated heterocycles. The van der Waals surface area contributed by atoms with Gasteiger partial charge in [0, 0.05) is 30.6 Å². The molecule has 4 aromatic carbocycles. The van der Waals surface area contributed by atoms with Crippen molar-refractivity contribution >= 4 is 11.8 Å². The maximum atomic E-state index is 13.4. The van der Waals surface area contributed by atoms with Gasteiger partial charge in [0.15, 0.2) is 0 Å². The molecule has 0 unspecified atom stereocenters. The molecule has 0 atom stereocenters. The normalized spacial score (nSPS) is 10.2. The monoisotopic (exact) mass is 825 g/mol. The van der Waals surface area contributed by atoms with Crippen LogP contribution in [0.1, 0.15) is 138 Å². The lowest BCUT2D eigenvalue weighted by Crippen LogP contribution is -2.43. The number of hydrogen-bond donors (Lipinski definition) is 1. The van der Waals surface area contributed by atoms with Crippen LogP contribution in [0, 0.1) is 27.7 Å². The number of nitrogens with one attached hydrogen (secondary N) is 1. The summed E-state index contributed by atoms with van der Waals surface area (Å²) in [4.78, 5) is 46.0. The zero-order valence-corrected chi connectivity index (χ0v) is 40.1. The number of amides is 2. The van der Waals surface area contributed by atoms with Gasteiger partial charge in [-0.15, -0.1) is 0 Å². The van der Waals surface area contributed by atoms with Crippen molar-refractivity contribution in [2.75, 3.05) is 7.05 Å². The first kappa shape index (κ1) is 53.0. The van der Waals surface area contributed by atoms with Crippen LogP contribution in [0.4, 0.5) is 0 Å². The van der Waals surface area contributed by atoms with Crippen molar-refractivity contribution < 1.29 is 9.59 Å². The molecule has 0 radical (unpaired) electrons. The summed E-state index contributed by atoms with van der Waals surface area (Å²) in [5, 5.41) is 3.12. The summed E-state index contributed by atoms with van der Waals surface area (Å²) in [5.41, 5.74) is 7.53. The maximum Gasteiger partial charge on any atom is 0.258 e. The average molecular weight is 825 g/mol. The molecule has 61 heavy (non-hydrogen) atoms. The van der Waals surface area contributed by atoms with E-state index in [9.17, 15) is 9.59 Å². The predicted octanol–water partition coefficient (Wildman–Crippen LogP) is 13.3. The van der Waals surface area contributed by atoms with Gasteiger partial charge in [0.2, 0.25) is 0 Å². The molecule has 0 aliphatic carbocycles. The van der Waals surface area contributed by atoms with E-state index < -0.39 is 11.1 Å². The first-order chi connectivity index (χ1) is 29.2. The zero-order valence-electron chi connectivity index (χ0n) is 40.1. The number of hydrogen-bond acceptors (Lipinski definition) is 6. The molecule has 0 bridgehead atoms. The highest BCUT2D eigenvalue weighted by atomic mass is 16.2. The average Bonchev–Trinajstić information content (AvgIpc) is 3.29. The Labute approximate surface area is 368 Å². The quantitative estimate of drug-likeness (QED) is 0.164. The van der Waals surface area contributed by atoms with Gasteiger partial charge >= 0.3 is 0 Å². The second-order valence-electron chi connectivity index (χ2n) is 14.2. The Balaban J connectivity index is 0.000000525. The molecule has 2 aromatic heterocycles. The molecule has 2 heterocycles. The van der Waals surface area contributed by atoms with Gasteiger partial charge in [0.05, 0.1) is 33.6 Å². The van der Waals surface area contributed by atoms with Crippen LogP contribution >= 0.6 is 0 Å². The minimum atomic E-state index is -0.508. The van der Waals surface area contributed by atoms with E-state index in [0.717, 1.165) is 33.4 Å². The lowest BCUT2D eigenvalue weighted by Gasteiger charge is -2.36. The van der Waals surface area contributed by atoms with E-state index in [0.29, 0.717) is 34.2 Å². The Morgan fingerprint density at radius 3 is 1.30 bits per heavy atom.